The second-order valence-corrected chi connectivity index (χ2v) is 6.03. The van der Waals surface area contributed by atoms with Gasteiger partial charge in [-0.25, -0.2) is 0 Å². The second kappa shape index (κ2) is 5.81. The number of para-hydroxylation sites is 1. The molecule has 101 valence electrons. The van der Waals surface area contributed by atoms with Crippen molar-refractivity contribution in [1.82, 2.24) is 5.32 Å². The zero-order chi connectivity index (χ0) is 13.1. The van der Waals surface area contributed by atoms with Gasteiger partial charge in [0.1, 0.15) is 0 Å². The van der Waals surface area contributed by atoms with Gasteiger partial charge in [0.15, 0.2) is 0 Å². The molecule has 0 spiro atoms. The number of allylic oxidation sites excluding steroid dienone is 2. The van der Waals surface area contributed by atoms with E-state index in [0.29, 0.717) is 5.92 Å². The van der Waals surface area contributed by atoms with Crippen molar-refractivity contribution in [2.45, 2.75) is 58.3 Å². The Morgan fingerprint density at radius 2 is 1.53 bits per heavy atom. The highest BCUT2D eigenvalue weighted by atomic mass is 14.9. The topological polar surface area (TPSA) is 14.1 Å². The van der Waals surface area contributed by atoms with Gasteiger partial charge in [0.2, 0.25) is 0 Å². The summed E-state index contributed by atoms with van der Waals surface area (Å²) in [6.07, 6.45) is 11.1. The highest BCUT2D eigenvalue weighted by molar-refractivity contribution is 5.81. The lowest BCUT2D eigenvalue weighted by molar-refractivity contribution is 0.474. The number of fused-ring (bicyclic) bond motifs is 1. The first-order valence-electron chi connectivity index (χ1n) is 7.88. The maximum atomic E-state index is 4.94. The highest BCUT2D eigenvalue weighted by Crippen LogP contribution is 2.40. The van der Waals surface area contributed by atoms with E-state index >= 15 is 0 Å². The molecule has 1 fully saturated rings. The van der Waals surface area contributed by atoms with Gasteiger partial charge in [-0.2, -0.15) is 0 Å². The van der Waals surface area contributed by atoms with Gasteiger partial charge in [0.25, 0.3) is 0 Å². The molecule has 1 nitrogen and oxygen atoms in total. The first-order valence-corrected chi connectivity index (χ1v) is 7.88. The minimum atomic E-state index is 0.700. The van der Waals surface area contributed by atoms with Crippen LogP contribution in [0.5, 0.6) is 0 Å². The molecule has 0 amide bonds. The van der Waals surface area contributed by atoms with Crippen molar-refractivity contribution >= 4 is 11.3 Å². The average molecular weight is 254 g/mol. The zero-order valence-corrected chi connectivity index (χ0v) is 12.0. The van der Waals surface area contributed by atoms with Crippen LogP contribution in [0.15, 0.2) is 30.0 Å². The summed E-state index contributed by atoms with van der Waals surface area (Å²) in [5.74, 6) is 0.700. The maximum absolute atomic E-state index is 4.94. The Balaban J connectivity index is 1.80. The summed E-state index contributed by atoms with van der Waals surface area (Å²) >= 11 is 0. The molecule has 0 N–H and O–H groups in total. The molecule has 1 aromatic carbocycles. The lowest BCUT2D eigenvalue weighted by Crippen LogP contribution is -2.09. The Kier molecular flexibility index (Phi) is 3.91. The van der Waals surface area contributed by atoms with Gasteiger partial charge < -0.3 is 0 Å². The summed E-state index contributed by atoms with van der Waals surface area (Å²) in [5, 5.41) is 4.94. The Hall–Kier alpha value is -1.24. The minimum Gasteiger partial charge on any atom is -0.252 e. The largest absolute Gasteiger partial charge is 0.252 e. The third kappa shape index (κ3) is 2.70. The molecule has 1 heterocycles. The van der Waals surface area contributed by atoms with Crippen molar-refractivity contribution < 1.29 is 0 Å². The van der Waals surface area contributed by atoms with Gasteiger partial charge in [-0.05, 0) is 31.4 Å². The molecule has 1 aliphatic carbocycles. The van der Waals surface area contributed by atoms with Crippen molar-refractivity contribution in [3.8, 4) is 0 Å². The van der Waals surface area contributed by atoms with Gasteiger partial charge >= 0.3 is 0 Å². The minimum absolute atomic E-state index is 0.700. The number of benzene rings is 1. The quantitative estimate of drug-likeness (QED) is 0.635. The van der Waals surface area contributed by atoms with E-state index in [-0.39, 0.29) is 0 Å². The van der Waals surface area contributed by atoms with Gasteiger partial charge in [0.05, 0.1) is 5.69 Å². The molecule has 1 aliphatic heterocycles. The van der Waals surface area contributed by atoms with Gasteiger partial charge in [-0.15, -0.1) is 0 Å². The molecular formula is C18H24N. The number of hydrogen-bond donors (Lipinski definition) is 0. The van der Waals surface area contributed by atoms with Crippen molar-refractivity contribution in [2.75, 3.05) is 0 Å². The van der Waals surface area contributed by atoms with Gasteiger partial charge in [0, 0.05) is 17.2 Å². The van der Waals surface area contributed by atoms with Gasteiger partial charge in [-0.1, -0.05) is 56.7 Å². The van der Waals surface area contributed by atoms with Crippen LogP contribution in [0.3, 0.4) is 0 Å². The second-order valence-electron chi connectivity index (χ2n) is 6.03. The van der Waals surface area contributed by atoms with Crippen LogP contribution in [0.2, 0.25) is 0 Å². The van der Waals surface area contributed by atoms with Crippen LogP contribution in [0.1, 0.15) is 63.9 Å². The number of rotatable bonds is 1. The summed E-state index contributed by atoms with van der Waals surface area (Å²) in [5.41, 5.74) is 5.37. The molecule has 1 heteroatoms. The van der Waals surface area contributed by atoms with Crippen LogP contribution in [0, 0.1) is 5.92 Å². The van der Waals surface area contributed by atoms with E-state index in [2.05, 4.69) is 31.2 Å². The lowest BCUT2D eigenvalue weighted by Gasteiger charge is -2.17. The van der Waals surface area contributed by atoms with Crippen molar-refractivity contribution in [3.63, 3.8) is 0 Å². The van der Waals surface area contributed by atoms with E-state index in [4.69, 9.17) is 5.32 Å². The predicted molar refractivity (Wildman–Crippen MR) is 81.3 cm³/mol. The number of nitrogens with zero attached hydrogens (tertiary/aromatic N) is 1. The Labute approximate surface area is 117 Å². The predicted octanol–water partition coefficient (Wildman–Crippen LogP) is 5.42. The zero-order valence-electron chi connectivity index (χ0n) is 12.0. The van der Waals surface area contributed by atoms with Crippen LogP contribution in [0.4, 0.5) is 5.69 Å². The standard InChI is InChI=1S/C18H24N/c1-14-16-12-8-9-13-17(16)19-18(14)15-10-6-4-2-3-5-7-11-15/h8-9,12-13,15H,2-7,10-11H2,1H3. The Morgan fingerprint density at radius 3 is 2.21 bits per heavy atom. The molecule has 0 unspecified atom stereocenters. The third-order valence-electron chi connectivity index (χ3n) is 4.68. The van der Waals surface area contributed by atoms with E-state index in [0.717, 1.165) is 0 Å². The van der Waals surface area contributed by atoms with E-state index in [9.17, 15) is 0 Å². The molecule has 0 aromatic heterocycles. The van der Waals surface area contributed by atoms with Gasteiger partial charge in [-0.3, -0.25) is 5.32 Å². The molecular weight excluding hydrogens is 230 g/mol. The molecule has 2 aliphatic rings. The van der Waals surface area contributed by atoms with Crippen LogP contribution >= 0.6 is 0 Å². The van der Waals surface area contributed by atoms with Crippen LogP contribution in [-0.2, 0) is 0 Å². The third-order valence-corrected chi connectivity index (χ3v) is 4.68. The molecule has 0 saturated heterocycles. The summed E-state index contributed by atoms with van der Waals surface area (Å²) in [6.45, 7) is 2.26. The van der Waals surface area contributed by atoms with E-state index < -0.39 is 0 Å². The highest BCUT2D eigenvalue weighted by Gasteiger charge is 2.25. The van der Waals surface area contributed by atoms with Crippen molar-refractivity contribution in [2.24, 2.45) is 5.92 Å². The SMILES string of the molecule is CC1=C(C2CCCCCCCC2)[N]c2ccccc21. The fraction of sp³-hybridized carbons (Fsp3) is 0.556. The fourth-order valence-electron chi connectivity index (χ4n) is 3.54. The average Bonchev–Trinajstić information content (AvgIpc) is 2.83. The molecule has 1 aromatic rings. The molecule has 0 bridgehead atoms. The summed E-state index contributed by atoms with van der Waals surface area (Å²) in [4.78, 5) is 0. The molecule has 0 atom stereocenters. The summed E-state index contributed by atoms with van der Waals surface area (Å²) < 4.78 is 0. The Bertz CT molecular complexity index is 462. The van der Waals surface area contributed by atoms with E-state index in [1.54, 1.807) is 0 Å². The summed E-state index contributed by atoms with van der Waals surface area (Å²) in [7, 11) is 0. The molecule has 1 radical (unpaired) electrons. The maximum Gasteiger partial charge on any atom is 0.0708 e. The molecule has 3 rings (SSSR count). The van der Waals surface area contributed by atoms with E-state index in [1.165, 1.54) is 73.9 Å². The van der Waals surface area contributed by atoms with Crippen molar-refractivity contribution in [3.05, 3.63) is 35.5 Å². The van der Waals surface area contributed by atoms with Crippen LogP contribution in [0.25, 0.3) is 5.57 Å². The van der Waals surface area contributed by atoms with Crippen molar-refractivity contribution in [1.29, 1.82) is 0 Å². The number of hydrogen-bond acceptors (Lipinski definition) is 0. The molecule has 19 heavy (non-hydrogen) atoms. The smallest absolute Gasteiger partial charge is 0.0708 e. The van der Waals surface area contributed by atoms with Crippen LogP contribution < -0.4 is 5.32 Å². The normalized spacial score (nSPS) is 21.3. The first-order chi connectivity index (χ1) is 9.36. The van der Waals surface area contributed by atoms with Crippen LogP contribution in [-0.4, -0.2) is 0 Å². The monoisotopic (exact) mass is 254 g/mol. The fourth-order valence-corrected chi connectivity index (χ4v) is 3.54. The summed E-state index contributed by atoms with van der Waals surface area (Å²) in [6, 6.07) is 8.60. The lowest BCUT2D eigenvalue weighted by atomic mass is 9.91. The van der Waals surface area contributed by atoms with E-state index in [1.807, 2.05) is 0 Å². The molecule has 1 saturated carbocycles. The first kappa shape index (κ1) is 12.8. The Morgan fingerprint density at radius 1 is 0.895 bits per heavy atom.